The van der Waals surface area contributed by atoms with Crippen LogP contribution in [-0.2, 0) is 14.4 Å². The fraction of sp³-hybridized carbons (Fsp3) is 0.500. The lowest BCUT2D eigenvalue weighted by Crippen LogP contribution is -2.34. The number of nitrogens with zero attached hydrogens (tertiary/aromatic N) is 2. The number of allylic oxidation sites excluding steroid dienone is 5. The first-order valence-corrected chi connectivity index (χ1v) is 31.4. The van der Waals surface area contributed by atoms with E-state index in [1.165, 1.54) is 13.8 Å². The summed E-state index contributed by atoms with van der Waals surface area (Å²) in [4.78, 5) is 43.7. The smallest absolute Gasteiger partial charge is 0.221 e. The van der Waals surface area contributed by atoms with Gasteiger partial charge in [0.15, 0.2) is 12.3 Å². The van der Waals surface area contributed by atoms with Crippen LogP contribution in [0.5, 0.6) is 0 Å². The molecular weight excluding hydrogens is 1030 g/mol. The molecule has 8 heteroatoms. The number of Topliss-reactive ketones (excluding diaryl/α,β-unsaturated/α-hetero) is 1. The van der Waals surface area contributed by atoms with Crippen LogP contribution in [0, 0.1) is 57.2 Å². The summed E-state index contributed by atoms with van der Waals surface area (Å²) in [7, 11) is 0. The van der Waals surface area contributed by atoms with Crippen molar-refractivity contribution in [3.05, 3.63) is 150 Å². The molecule has 5 aromatic rings. The topological polar surface area (TPSA) is 105 Å². The molecule has 0 fully saturated rings. The lowest BCUT2D eigenvalue weighted by Gasteiger charge is -2.37. The second-order valence-electron chi connectivity index (χ2n) is 30.4. The zero-order chi connectivity index (χ0) is 61.6. The van der Waals surface area contributed by atoms with Crippen LogP contribution in [0.1, 0.15) is 182 Å². The van der Waals surface area contributed by atoms with Gasteiger partial charge in [-0.05, 0) is 148 Å². The number of hydrogen-bond acceptors (Lipinski definition) is 5. The average Bonchev–Trinajstić information content (AvgIpc) is 1.21. The average molecular weight is 1140 g/mol. The maximum absolute atomic E-state index is 14.9. The highest BCUT2D eigenvalue weighted by atomic mass is 16.3. The highest BCUT2D eigenvalue weighted by molar-refractivity contribution is 6.40. The first-order valence-electron chi connectivity index (χ1n) is 31.4. The van der Waals surface area contributed by atoms with Crippen LogP contribution < -0.4 is 20.6 Å². The van der Waals surface area contributed by atoms with Crippen molar-refractivity contribution in [3.63, 3.8) is 0 Å². The van der Waals surface area contributed by atoms with Crippen LogP contribution in [0.25, 0.3) is 27.1 Å². The molecule has 5 aromatic carbocycles. The van der Waals surface area contributed by atoms with Crippen molar-refractivity contribution in [2.45, 2.75) is 176 Å². The van der Waals surface area contributed by atoms with E-state index in [1.807, 2.05) is 36.4 Å². The fourth-order valence-electron chi connectivity index (χ4n) is 13.9. The second kappa shape index (κ2) is 26.8. The summed E-state index contributed by atoms with van der Waals surface area (Å²) < 4.78 is 2.37. The minimum Gasteiger partial charge on any atom is -0.871 e. The van der Waals surface area contributed by atoms with E-state index in [2.05, 4.69) is 216 Å². The fourth-order valence-corrected chi connectivity index (χ4v) is 13.9. The van der Waals surface area contributed by atoms with Gasteiger partial charge in [-0.2, -0.15) is 4.58 Å². The van der Waals surface area contributed by atoms with Gasteiger partial charge in [0.25, 0.3) is 0 Å². The highest BCUT2D eigenvalue weighted by Crippen LogP contribution is 2.45. The number of hydrogen-bond donors (Lipinski definition) is 2. The van der Waals surface area contributed by atoms with Gasteiger partial charge in [0, 0.05) is 84.3 Å². The van der Waals surface area contributed by atoms with Crippen LogP contribution in [0.2, 0.25) is 0 Å². The van der Waals surface area contributed by atoms with Gasteiger partial charge in [0.2, 0.25) is 23.2 Å². The molecule has 8 nitrogen and oxygen atoms in total. The Kier molecular flexibility index (Phi) is 20.7. The molecule has 6 atom stereocenters. The Morgan fingerprint density at radius 1 is 0.548 bits per heavy atom. The number of anilines is 3. The molecule has 0 bridgehead atoms. The molecule has 0 aromatic heterocycles. The summed E-state index contributed by atoms with van der Waals surface area (Å²) in [6.45, 7) is 41.9. The highest BCUT2D eigenvalue weighted by Gasteiger charge is 2.37. The zero-order valence-electron chi connectivity index (χ0n) is 54.6. The molecule has 0 saturated carbocycles. The molecule has 2 amide bonds. The molecular formula is C76H102N4O4. The predicted octanol–water partition coefficient (Wildman–Crippen LogP) is 18.5. The van der Waals surface area contributed by atoms with E-state index in [0.29, 0.717) is 58.0 Å². The SMILES string of the molecule is CC(=O)NC1=CC(=[N+](/CC(CCC(C)CC(C)(C)C)C(C)CC(C)(C)C)c2ccc3ccccc3c2)/C=CC/1=C1/C(=O)C(c2ccc(N(CC(CCC(C)CC(C)(C)C)C(C)CC(C)(C)C)c3ccc4ccccc4c3)cc2NC(C)=O)=C1[O-]. The summed E-state index contributed by atoms with van der Waals surface area (Å²) in [5.74, 6) is 1.12. The minimum absolute atomic E-state index is 0.00840. The van der Waals surface area contributed by atoms with E-state index in [4.69, 9.17) is 0 Å². The minimum atomic E-state index is -0.433. The molecule has 0 radical (unpaired) electrons. The van der Waals surface area contributed by atoms with Crippen LogP contribution in [0.3, 0.4) is 0 Å². The monoisotopic (exact) mass is 1130 g/mol. The zero-order valence-corrected chi connectivity index (χ0v) is 54.6. The summed E-state index contributed by atoms with van der Waals surface area (Å²) in [5, 5.41) is 25.6. The van der Waals surface area contributed by atoms with Gasteiger partial charge in [-0.25, -0.2) is 0 Å². The van der Waals surface area contributed by atoms with Crippen molar-refractivity contribution in [2.75, 3.05) is 23.3 Å². The molecule has 6 unspecified atom stereocenters. The van der Waals surface area contributed by atoms with E-state index >= 15 is 0 Å². The van der Waals surface area contributed by atoms with Crippen molar-refractivity contribution in [1.29, 1.82) is 0 Å². The molecule has 0 aliphatic heterocycles. The molecule has 450 valence electrons. The Morgan fingerprint density at radius 2 is 1.04 bits per heavy atom. The van der Waals surface area contributed by atoms with Gasteiger partial charge in [-0.1, -0.05) is 190 Å². The number of amides is 2. The Morgan fingerprint density at radius 3 is 1.57 bits per heavy atom. The number of carbonyl (C=O) groups excluding carboxylic acids is 3. The lowest BCUT2D eigenvalue weighted by atomic mass is 9.76. The maximum atomic E-state index is 14.9. The second-order valence-corrected chi connectivity index (χ2v) is 30.4. The van der Waals surface area contributed by atoms with E-state index in [9.17, 15) is 19.5 Å². The van der Waals surface area contributed by atoms with Gasteiger partial charge in [0.1, 0.15) is 0 Å². The van der Waals surface area contributed by atoms with Gasteiger partial charge in [-0.3, -0.25) is 14.4 Å². The third-order valence-corrected chi connectivity index (χ3v) is 17.1. The Labute approximate surface area is 506 Å². The number of ketones is 1. The van der Waals surface area contributed by atoms with Gasteiger partial charge < -0.3 is 20.6 Å². The third-order valence-electron chi connectivity index (χ3n) is 17.1. The number of carbonyl (C=O) groups is 3. The standard InChI is InChI=1S/C76H102N4O4/c1-49(43-73(7,8)9)27-29-59(51(3)45-75(13,14)15)47-79(61-33-31-55-23-19-21-25-57(55)39-61)63-35-37-65(67(41-63)77-53(5)81)69-71(83)70(72(69)84)66-38-36-64(42-68(66)78-54(6)82)80(62-34-32-56-24-20-22-26-58(56)40-62)48-60(52(4)46-76(16,17)18)30-28-50(2)44-74(10,11)12/h19-26,31-42,49-52,59-60H,27-30,43-48H2,1-18H3,(H2,77,78,81,82,83,84). The number of rotatable bonds is 22. The van der Waals surface area contributed by atoms with Crippen LogP contribution >= 0.6 is 0 Å². The summed E-state index contributed by atoms with van der Waals surface area (Å²) in [6.07, 6.45) is 14.6. The normalized spacial score (nSPS) is 18.0. The van der Waals surface area contributed by atoms with Gasteiger partial charge in [0.05, 0.1) is 11.4 Å². The van der Waals surface area contributed by atoms with Crippen molar-refractivity contribution in [3.8, 4) is 0 Å². The van der Waals surface area contributed by atoms with Crippen molar-refractivity contribution >= 4 is 73.2 Å². The maximum Gasteiger partial charge on any atom is 0.221 e. The quantitative estimate of drug-likeness (QED) is 0.0531. The van der Waals surface area contributed by atoms with Gasteiger partial charge in [-0.15, -0.1) is 0 Å². The largest absolute Gasteiger partial charge is 0.871 e. The molecule has 0 heterocycles. The molecule has 2 aliphatic rings. The Hall–Kier alpha value is -6.54. The number of fused-ring (bicyclic) bond motifs is 2. The molecule has 2 aliphatic carbocycles. The predicted molar refractivity (Wildman–Crippen MR) is 354 cm³/mol. The van der Waals surface area contributed by atoms with Crippen molar-refractivity contribution in [1.82, 2.24) is 5.32 Å². The van der Waals surface area contributed by atoms with E-state index in [1.54, 1.807) is 0 Å². The van der Waals surface area contributed by atoms with Gasteiger partial charge >= 0.3 is 0 Å². The number of benzene rings is 5. The summed E-state index contributed by atoms with van der Waals surface area (Å²) >= 11 is 0. The Bertz CT molecular complexity index is 3360. The third kappa shape index (κ3) is 17.8. The van der Waals surface area contributed by atoms with Crippen LogP contribution in [0.4, 0.5) is 22.7 Å². The molecule has 7 rings (SSSR count). The molecule has 2 N–H and O–H groups in total. The van der Waals surface area contributed by atoms with Crippen molar-refractivity contribution < 1.29 is 24.1 Å². The van der Waals surface area contributed by atoms with Crippen LogP contribution in [-0.4, -0.2) is 41.0 Å². The van der Waals surface area contributed by atoms with Crippen LogP contribution in [0.15, 0.2) is 144 Å². The summed E-state index contributed by atoms with van der Waals surface area (Å²) in [6, 6.07) is 35.7. The molecule has 0 spiro atoms. The molecule has 0 saturated heterocycles. The van der Waals surface area contributed by atoms with Crippen molar-refractivity contribution in [2.24, 2.45) is 57.2 Å². The Balaban J connectivity index is 1.33. The van der Waals surface area contributed by atoms with E-state index in [-0.39, 0.29) is 44.6 Å². The first-order chi connectivity index (χ1) is 39.2. The van der Waals surface area contributed by atoms with E-state index in [0.717, 1.165) is 109 Å². The van der Waals surface area contributed by atoms with E-state index < -0.39 is 11.5 Å². The first kappa shape index (κ1) is 65.0. The molecule has 84 heavy (non-hydrogen) atoms. The number of nitrogens with one attached hydrogen (secondary N) is 2. The lowest BCUT2D eigenvalue weighted by molar-refractivity contribution is -0.450. The summed E-state index contributed by atoms with van der Waals surface area (Å²) in [5.41, 5.74) is 6.06.